The summed E-state index contributed by atoms with van der Waals surface area (Å²) in [7, 11) is 1.59. The van der Waals surface area contributed by atoms with E-state index in [9.17, 15) is 14.7 Å². The monoisotopic (exact) mass is 408 g/mol. The first-order valence-electron chi connectivity index (χ1n) is 9.99. The van der Waals surface area contributed by atoms with Crippen LogP contribution in [0.3, 0.4) is 0 Å². The number of carbonyl (C=O) groups excluding carboxylic acids is 2. The molecule has 1 fully saturated rings. The second-order valence-electron chi connectivity index (χ2n) is 7.55. The Kier molecular flexibility index (Phi) is 5.55. The van der Waals surface area contributed by atoms with Crippen LogP contribution >= 0.6 is 0 Å². The van der Waals surface area contributed by atoms with Crippen LogP contribution in [0.1, 0.15) is 36.2 Å². The van der Waals surface area contributed by atoms with Crippen LogP contribution in [0.5, 0.6) is 5.75 Å². The Labute approximate surface area is 174 Å². The molecular formula is C23H24N2O5. The summed E-state index contributed by atoms with van der Waals surface area (Å²) in [5.41, 5.74) is 2.05. The number of fused-ring (bicyclic) bond motifs is 1. The van der Waals surface area contributed by atoms with E-state index >= 15 is 0 Å². The first-order chi connectivity index (χ1) is 14.5. The average Bonchev–Trinajstić information content (AvgIpc) is 3.25. The molecule has 1 aromatic carbocycles. The summed E-state index contributed by atoms with van der Waals surface area (Å²) < 4.78 is 10.8. The molecule has 7 heteroatoms. The zero-order valence-electron chi connectivity index (χ0n) is 17.0. The van der Waals surface area contributed by atoms with E-state index in [-0.39, 0.29) is 17.4 Å². The molecule has 1 saturated heterocycles. The zero-order valence-corrected chi connectivity index (χ0v) is 17.0. The van der Waals surface area contributed by atoms with E-state index in [0.29, 0.717) is 30.8 Å². The molecule has 0 radical (unpaired) electrons. The van der Waals surface area contributed by atoms with Gasteiger partial charge in [0.05, 0.1) is 11.3 Å². The van der Waals surface area contributed by atoms with E-state index in [1.165, 1.54) is 4.90 Å². The Hall–Kier alpha value is -3.19. The van der Waals surface area contributed by atoms with Crippen molar-refractivity contribution in [2.45, 2.75) is 31.9 Å². The van der Waals surface area contributed by atoms with Gasteiger partial charge in [-0.1, -0.05) is 6.07 Å². The molecule has 0 aliphatic carbocycles. The lowest BCUT2D eigenvalue weighted by atomic mass is 9.97. The molecule has 2 aliphatic rings. The molecule has 2 unspecified atom stereocenters. The third-order valence-corrected chi connectivity index (χ3v) is 5.42. The molecule has 1 N–H and O–H groups in total. The Morgan fingerprint density at radius 3 is 2.87 bits per heavy atom. The number of methoxy groups -OCH3 is 1. The molecule has 1 amide bonds. The van der Waals surface area contributed by atoms with Crippen molar-refractivity contribution in [3.05, 3.63) is 65.0 Å². The fourth-order valence-electron chi connectivity index (χ4n) is 4.06. The number of Topliss-reactive ketones (excluding diaryl/α,β-unsaturated/α-hetero) is 1. The van der Waals surface area contributed by atoms with E-state index in [1.54, 1.807) is 43.6 Å². The number of likely N-dealkylation sites (tertiary alicyclic amines) is 1. The molecule has 4 rings (SSSR count). The van der Waals surface area contributed by atoms with Crippen LogP contribution in [0.15, 0.2) is 48.2 Å². The summed E-state index contributed by atoms with van der Waals surface area (Å²) in [5, 5.41) is 11.1. The first kappa shape index (κ1) is 20.1. The van der Waals surface area contributed by atoms with Gasteiger partial charge in [-0.15, -0.1) is 0 Å². The number of ether oxygens (including phenoxy) is 2. The van der Waals surface area contributed by atoms with Crippen molar-refractivity contribution < 1.29 is 24.2 Å². The van der Waals surface area contributed by atoms with Crippen molar-refractivity contribution in [3.8, 4) is 5.75 Å². The molecule has 3 heterocycles. The molecule has 0 bridgehead atoms. The van der Waals surface area contributed by atoms with Gasteiger partial charge in [-0.3, -0.25) is 14.6 Å². The predicted molar refractivity (Wildman–Crippen MR) is 110 cm³/mol. The lowest BCUT2D eigenvalue weighted by Gasteiger charge is -2.24. The van der Waals surface area contributed by atoms with Crippen molar-refractivity contribution in [1.82, 2.24) is 9.88 Å². The van der Waals surface area contributed by atoms with Crippen LogP contribution in [0.2, 0.25) is 0 Å². The molecule has 156 valence electrons. The van der Waals surface area contributed by atoms with E-state index in [2.05, 4.69) is 4.98 Å². The summed E-state index contributed by atoms with van der Waals surface area (Å²) in [4.78, 5) is 31.6. The number of hydrogen-bond acceptors (Lipinski definition) is 6. The number of carbonyl (C=O) groups is 2. The number of rotatable bonds is 6. The SMILES string of the molecule is COCCCN1C(=O)C(=O)/C(=C(\O)c2ccc3c(c2)CC(C)O3)C1c1ccccn1. The van der Waals surface area contributed by atoms with E-state index in [1.807, 2.05) is 13.0 Å². The summed E-state index contributed by atoms with van der Waals surface area (Å²) in [6, 6.07) is 9.89. The van der Waals surface area contributed by atoms with Crippen LogP contribution in [0, 0.1) is 0 Å². The third kappa shape index (κ3) is 3.57. The number of nitrogens with zero attached hydrogens (tertiary/aromatic N) is 2. The maximum Gasteiger partial charge on any atom is 0.295 e. The highest BCUT2D eigenvalue weighted by molar-refractivity contribution is 6.46. The molecule has 30 heavy (non-hydrogen) atoms. The third-order valence-electron chi connectivity index (χ3n) is 5.42. The minimum atomic E-state index is -0.744. The largest absolute Gasteiger partial charge is 0.507 e. The predicted octanol–water partition coefficient (Wildman–Crippen LogP) is 2.86. The van der Waals surface area contributed by atoms with E-state index < -0.39 is 17.7 Å². The van der Waals surface area contributed by atoms with Crippen molar-refractivity contribution in [1.29, 1.82) is 0 Å². The Bertz CT molecular complexity index is 1000. The van der Waals surface area contributed by atoms with Gasteiger partial charge in [0, 0.05) is 38.4 Å². The highest BCUT2D eigenvalue weighted by Gasteiger charge is 2.46. The van der Waals surface area contributed by atoms with E-state index in [0.717, 1.165) is 17.7 Å². The number of aliphatic hydroxyl groups is 1. The van der Waals surface area contributed by atoms with Gasteiger partial charge < -0.3 is 19.5 Å². The lowest BCUT2D eigenvalue weighted by Crippen LogP contribution is -2.31. The molecule has 0 spiro atoms. The number of aromatic nitrogens is 1. The van der Waals surface area contributed by atoms with Crippen LogP contribution < -0.4 is 4.74 Å². The second kappa shape index (κ2) is 8.28. The summed E-state index contributed by atoms with van der Waals surface area (Å²) in [6.45, 7) is 2.76. The van der Waals surface area contributed by atoms with Crippen LogP contribution in [0.25, 0.3) is 5.76 Å². The fourth-order valence-corrected chi connectivity index (χ4v) is 4.06. The topological polar surface area (TPSA) is 89.0 Å². The maximum absolute atomic E-state index is 12.9. The van der Waals surface area contributed by atoms with Gasteiger partial charge in [0.1, 0.15) is 23.7 Å². The molecule has 7 nitrogen and oxygen atoms in total. The summed E-state index contributed by atoms with van der Waals surface area (Å²) >= 11 is 0. The fraction of sp³-hybridized carbons (Fsp3) is 0.348. The standard InChI is InChI=1S/C23H24N2O5/c1-14-12-16-13-15(7-8-18(16)30-14)21(26)19-20(17-6-3-4-9-24-17)25(10-5-11-29-2)23(28)22(19)27/h3-4,6-9,13-14,20,26H,5,10-12H2,1-2H3/b21-19-. The average molecular weight is 408 g/mol. The van der Waals surface area contributed by atoms with Crippen molar-refractivity contribution in [2.75, 3.05) is 20.3 Å². The van der Waals surface area contributed by atoms with Gasteiger partial charge in [-0.2, -0.15) is 0 Å². The number of aliphatic hydroxyl groups excluding tert-OH is 1. The highest BCUT2D eigenvalue weighted by atomic mass is 16.5. The number of benzene rings is 1. The van der Waals surface area contributed by atoms with Gasteiger partial charge in [-0.05, 0) is 49.2 Å². The van der Waals surface area contributed by atoms with E-state index in [4.69, 9.17) is 9.47 Å². The Morgan fingerprint density at radius 1 is 1.30 bits per heavy atom. The zero-order chi connectivity index (χ0) is 21.3. The van der Waals surface area contributed by atoms with Gasteiger partial charge in [0.25, 0.3) is 11.7 Å². The Morgan fingerprint density at radius 2 is 2.13 bits per heavy atom. The quantitative estimate of drug-likeness (QED) is 0.342. The minimum Gasteiger partial charge on any atom is -0.507 e. The van der Waals surface area contributed by atoms with Crippen molar-refractivity contribution in [3.63, 3.8) is 0 Å². The molecule has 2 aromatic rings. The summed E-state index contributed by atoms with van der Waals surface area (Å²) in [5.74, 6) is -0.756. The maximum atomic E-state index is 12.9. The van der Waals surface area contributed by atoms with Gasteiger partial charge in [0.15, 0.2) is 0 Å². The van der Waals surface area contributed by atoms with Crippen LogP contribution in [-0.2, 0) is 20.7 Å². The molecular weight excluding hydrogens is 384 g/mol. The molecule has 2 aliphatic heterocycles. The smallest absolute Gasteiger partial charge is 0.295 e. The first-order valence-corrected chi connectivity index (χ1v) is 9.99. The van der Waals surface area contributed by atoms with Gasteiger partial charge >= 0.3 is 0 Å². The van der Waals surface area contributed by atoms with Gasteiger partial charge in [-0.25, -0.2) is 0 Å². The normalized spacial score (nSPS) is 22.3. The van der Waals surface area contributed by atoms with Crippen LogP contribution in [-0.4, -0.2) is 53.0 Å². The number of amides is 1. The lowest BCUT2D eigenvalue weighted by molar-refractivity contribution is -0.140. The second-order valence-corrected chi connectivity index (χ2v) is 7.55. The van der Waals surface area contributed by atoms with Gasteiger partial charge in [0.2, 0.25) is 0 Å². The minimum absolute atomic E-state index is 0.0584. The number of hydrogen-bond donors (Lipinski definition) is 1. The molecule has 1 aromatic heterocycles. The van der Waals surface area contributed by atoms with Crippen LogP contribution in [0.4, 0.5) is 0 Å². The Balaban J connectivity index is 1.78. The molecule has 0 saturated carbocycles. The number of pyridine rings is 1. The number of ketones is 1. The summed E-state index contributed by atoms with van der Waals surface area (Å²) in [6.07, 6.45) is 2.97. The molecule has 2 atom stereocenters. The van der Waals surface area contributed by atoms with Crippen molar-refractivity contribution in [2.24, 2.45) is 0 Å². The van der Waals surface area contributed by atoms with Crippen molar-refractivity contribution >= 4 is 17.4 Å². The highest BCUT2D eigenvalue weighted by Crippen LogP contribution is 2.39.